The molecule has 25 heavy (non-hydrogen) atoms. The third-order valence-corrected chi connectivity index (χ3v) is 3.70. The average Bonchev–Trinajstić information content (AvgIpc) is 2.60. The second kappa shape index (κ2) is 7.09. The Balaban J connectivity index is 1.84. The zero-order valence-electron chi connectivity index (χ0n) is 13.7. The summed E-state index contributed by atoms with van der Waals surface area (Å²) < 4.78 is 10.7. The number of ether oxygens (including phenoxy) is 1. The number of anilines is 2. The van der Waals surface area contributed by atoms with E-state index in [0.29, 0.717) is 29.0 Å². The molecule has 1 aromatic heterocycles. The highest BCUT2D eigenvalue weighted by atomic mass is 16.5. The van der Waals surface area contributed by atoms with Gasteiger partial charge in [-0.1, -0.05) is 6.07 Å². The van der Waals surface area contributed by atoms with Crippen molar-refractivity contribution in [2.75, 3.05) is 24.2 Å². The van der Waals surface area contributed by atoms with Crippen LogP contribution in [0.25, 0.3) is 22.3 Å². The lowest BCUT2D eigenvalue weighted by Crippen LogP contribution is -2.16. The minimum atomic E-state index is -0.315. The number of nitrogens with one attached hydrogen (secondary N) is 1. The minimum absolute atomic E-state index is 0.0948. The Bertz CT molecular complexity index is 961. The van der Waals surface area contributed by atoms with Crippen molar-refractivity contribution in [1.82, 2.24) is 0 Å². The third-order valence-electron chi connectivity index (χ3n) is 3.70. The van der Waals surface area contributed by atoms with Gasteiger partial charge < -0.3 is 20.2 Å². The van der Waals surface area contributed by atoms with Gasteiger partial charge in [-0.25, -0.2) is 0 Å². The van der Waals surface area contributed by atoms with Crippen LogP contribution in [-0.2, 0) is 9.53 Å². The van der Waals surface area contributed by atoms with Crippen LogP contribution in [0.5, 0.6) is 0 Å². The van der Waals surface area contributed by atoms with E-state index >= 15 is 0 Å². The molecular formula is C19H18N2O4. The van der Waals surface area contributed by atoms with Crippen molar-refractivity contribution in [2.24, 2.45) is 0 Å². The molecule has 0 aliphatic carbocycles. The first kappa shape index (κ1) is 16.6. The number of hydrogen-bond donors (Lipinski definition) is 2. The van der Waals surface area contributed by atoms with Crippen molar-refractivity contribution in [2.45, 2.75) is 6.92 Å². The highest BCUT2D eigenvalue weighted by Gasteiger charge is 2.09. The number of nitrogens with two attached hydrogens (primary N) is 1. The molecule has 3 rings (SSSR count). The molecule has 0 amide bonds. The van der Waals surface area contributed by atoms with E-state index in [0.717, 1.165) is 11.3 Å². The van der Waals surface area contributed by atoms with E-state index in [-0.39, 0.29) is 17.9 Å². The van der Waals surface area contributed by atoms with Crippen LogP contribution in [0, 0.1) is 0 Å². The molecule has 3 N–H and O–H groups in total. The number of nitrogen functional groups attached to an aromatic ring is 1. The first-order valence-electron chi connectivity index (χ1n) is 7.90. The number of rotatable bonds is 5. The molecule has 0 radical (unpaired) electrons. The van der Waals surface area contributed by atoms with Crippen molar-refractivity contribution in [1.29, 1.82) is 0 Å². The fourth-order valence-electron chi connectivity index (χ4n) is 2.52. The molecule has 0 atom stereocenters. The van der Waals surface area contributed by atoms with Crippen LogP contribution in [0.2, 0.25) is 0 Å². The maximum absolute atomic E-state index is 12.3. The highest BCUT2D eigenvalue weighted by Crippen LogP contribution is 2.25. The van der Waals surface area contributed by atoms with E-state index in [4.69, 9.17) is 14.9 Å². The van der Waals surface area contributed by atoms with Gasteiger partial charge in [-0.2, -0.15) is 0 Å². The summed E-state index contributed by atoms with van der Waals surface area (Å²) >= 11 is 0. The summed E-state index contributed by atoms with van der Waals surface area (Å²) in [5, 5.41) is 3.36. The first-order valence-corrected chi connectivity index (χ1v) is 7.90. The zero-order chi connectivity index (χ0) is 17.8. The maximum atomic E-state index is 12.3. The summed E-state index contributed by atoms with van der Waals surface area (Å²) in [7, 11) is 0. The lowest BCUT2D eigenvalue weighted by molar-refractivity contribution is -0.140. The predicted octanol–water partition coefficient (Wildman–Crippen LogP) is 3.02. The van der Waals surface area contributed by atoms with Crippen LogP contribution in [0.15, 0.2) is 57.7 Å². The highest BCUT2D eigenvalue weighted by molar-refractivity contribution is 5.89. The minimum Gasteiger partial charge on any atom is -0.465 e. The van der Waals surface area contributed by atoms with Crippen molar-refractivity contribution < 1.29 is 13.9 Å². The summed E-state index contributed by atoms with van der Waals surface area (Å²) in [5.74, 6) is 0.143. The van der Waals surface area contributed by atoms with Gasteiger partial charge in [0.2, 0.25) is 0 Å². The molecule has 6 nitrogen and oxygen atoms in total. The van der Waals surface area contributed by atoms with Crippen LogP contribution < -0.4 is 16.5 Å². The van der Waals surface area contributed by atoms with Crippen LogP contribution in [0.3, 0.4) is 0 Å². The molecule has 6 heteroatoms. The normalized spacial score (nSPS) is 10.6. The average molecular weight is 338 g/mol. The fraction of sp³-hybridized carbons (Fsp3) is 0.158. The molecule has 1 heterocycles. The summed E-state index contributed by atoms with van der Waals surface area (Å²) in [5.41, 5.74) is 8.03. The third kappa shape index (κ3) is 3.63. The number of carbonyl (C=O) groups is 1. The summed E-state index contributed by atoms with van der Waals surface area (Å²) in [6.45, 7) is 2.21. The molecule has 0 saturated heterocycles. The predicted molar refractivity (Wildman–Crippen MR) is 97.5 cm³/mol. The van der Waals surface area contributed by atoms with E-state index in [2.05, 4.69) is 5.32 Å². The van der Waals surface area contributed by atoms with Gasteiger partial charge in [0.15, 0.2) is 5.43 Å². The quantitative estimate of drug-likeness (QED) is 0.548. The van der Waals surface area contributed by atoms with Gasteiger partial charge in [0.1, 0.15) is 17.9 Å². The second-order valence-corrected chi connectivity index (χ2v) is 5.43. The van der Waals surface area contributed by atoms with E-state index in [1.54, 1.807) is 37.3 Å². The fourth-order valence-corrected chi connectivity index (χ4v) is 2.52. The van der Waals surface area contributed by atoms with Gasteiger partial charge in [-0.3, -0.25) is 9.59 Å². The lowest BCUT2D eigenvalue weighted by atomic mass is 10.1. The largest absolute Gasteiger partial charge is 0.465 e. The maximum Gasteiger partial charge on any atom is 0.325 e. The van der Waals surface area contributed by atoms with Gasteiger partial charge in [0.25, 0.3) is 0 Å². The van der Waals surface area contributed by atoms with Crippen molar-refractivity contribution in [3.8, 4) is 11.3 Å². The van der Waals surface area contributed by atoms with Crippen molar-refractivity contribution >= 4 is 28.3 Å². The molecule has 0 saturated carbocycles. The molecule has 0 aliphatic rings. The molecular weight excluding hydrogens is 320 g/mol. The topological polar surface area (TPSA) is 94.6 Å². The molecule has 0 aliphatic heterocycles. The van der Waals surface area contributed by atoms with Gasteiger partial charge in [0, 0.05) is 23.0 Å². The smallest absolute Gasteiger partial charge is 0.325 e. The summed E-state index contributed by atoms with van der Waals surface area (Å²) in [6.07, 6.45) is 0. The second-order valence-electron chi connectivity index (χ2n) is 5.43. The van der Waals surface area contributed by atoms with Crippen LogP contribution >= 0.6 is 0 Å². The first-order chi connectivity index (χ1) is 12.1. The molecule has 2 aromatic carbocycles. The number of fused-ring (bicyclic) bond motifs is 1. The summed E-state index contributed by atoms with van der Waals surface area (Å²) in [6, 6.07) is 13.8. The van der Waals surface area contributed by atoms with E-state index in [9.17, 15) is 9.59 Å². The summed E-state index contributed by atoms with van der Waals surface area (Å²) in [4.78, 5) is 23.6. The number of esters is 1. The van der Waals surface area contributed by atoms with Gasteiger partial charge in [-0.15, -0.1) is 0 Å². The molecule has 3 aromatic rings. The molecule has 0 unspecified atom stereocenters. The lowest BCUT2D eigenvalue weighted by Gasteiger charge is -2.08. The number of benzene rings is 2. The molecule has 0 spiro atoms. The van der Waals surface area contributed by atoms with Gasteiger partial charge in [0.05, 0.1) is 12.0 Å². The SMILES string of the molecule is CCOC(=O)CNc1ccc(-c2cc(=O)c3c(N)cccc3o2)cc1. The molecule has 0 fully saturated rings. The Labute approximate surface area is 144 Å². The number of hydrogen-bond acceptors (Lipinski definition) is 6. The monoisotopic (exact) mass is 338 g/mol. The Hall–Kier alpha value is -3.28. The van der Waals surface area contributed by atoms with Gasteiger partial charge in [-0.05, 0) is 43.3 Å². The van der Waals surface area contributed by atoms with E-state index < -0.39 is 0 Å². The number of carbonyl (C=O) groups excluding carboxylic acids is 1. The van der Waals surface area contributed by atoms with Crippen LogP contribution in [0.4, 0.5) is 11.4 Å². The van der Waals surface area contributed by atoms with Crippen LogP contribution in [-0.4, -0.2) is 19.1 Å². The Morgan fingerprint density at radius 3 is 2.68 bits per heavy atom. The Morgan fingerprint density at radius 1 is 1.20 bits per heavy atom. The Morgan fingerprint density at radius 2 is 1.96 bits per heavy atom. The van der Waals surface area contributed by atoms with Crippen molar-refractivity contribution in [3.63, 3.8) is 0 Å². The van der Waals surface area contributed by atoms with E-state index in [1.807, 2.05) is 12.1 Å². The Kier molecular flexibility index (Phi) is 4.70. The standard InChI is InChI=1S/C19H18N2O4/c1-2-24-18(23)11-21-13-8-6-12(7-9-13)17-10-15(22)19-14(20)4-3-5-16(19)25-17/h3-10,21H,2,11,20H2,1H3. The van der Waals surface area contributed by atoms with Crippen molar-refractivity contribution in [3.05, 3.63) is 58.8 Å². The van der Waals surface area contributed by atoms with Gasteiger partial charge >= 0.3 is 5.97 Å². The molecule has 0 bridgehead atoms. The zero-order valence-corrected chi connectivity index (χ0v) is 13.7. The molecule has 128 valence electrons. The van der Waals surface area contributed by atoms with E-state index in [1.165, 1.54) is 6.07 Å². The van der Waals surface area contributed by atoms with Crippen LogP contribution in [0.1, 0.15) is 6.92 Å².